The van der Waals surface area contributed by atoms with E-state index in [1.54, 1.807) is 13.2 Å². The summed E-state index contributed by atoms with van der Waals surface area (Å²) in [5.41, 5.74) is 2.48. The van der Waals surface area contributed by atoms with Crippen molar-refractivity contribution < 1.29 is 18.4 Å². The molecule has 0 aliphatic rings. The van der Waals surface area contributed by atoms with Gasteiger partial charge in [0.2, 0.25) is 0 Å². The number of ether oxygens (including phenoxy) is 1. The second-order valence-electron chi connectivity index (χ2n) is 5.36. The number of hydrogen-bond acceptors (Lipinski definition) is 6. The van der Waals surface area contributed by atoms with Crippen molar-refractivity contribution in [1.82, 2.24) is 4.98 Å². The summed E-state index contributed by atoms with van der Waals surface area (Å²) < 4.78 is 16.1. The average molecular weight is 339 g/mol. The number of thiophene rings is 1. The summed E-state index contributed by atoms with van der Waals surface area (Å²) in [5.74, 6) is -0.170. The molecular formula is C18H13NO4S. The van der Waals surface area contributed by atoms with Crippen molar-refractivity contribution in [2.24, 2.45) is 0 Å². The molecular weight excluding hydrogens is 326 g/mol. The molecule has 6 heteroatoms. The van der Waals surface area contributed by atoms with E-state index in [1.165, 1.54) is 17.7 Å². The van der Waals surface area contributed by atoms with Gasteiger partial charge in [-0.3, -0.25) is 4.79 Å². The van der Waals surface area contributed by atoms with E-state index in [9.17, 15) is 4.79 Å². The van der Waals surface area contributed by atoms with E-state index in [0.717, 1.165) is 22.1 Å². The fourth-order valence-electron chi connectivity index (χ4n) is 2.47. The van der Waals surface area contributed by atoms with Crippen LogP contribution in [0.2, 0.25) is 0 Å². The summed E-state index contributed by atoms with van der Waals surface area (Å²) in [6.07, 6.45) is 2.90. The minimum atomic E-state index is -0.434. The van der Waals surface area contributed by atoms with Crippen molar-refractivity contribution in [2.75, 3.05) is 0 Å². The normalized spacial score (nSPS) is 12.4. The third-order valence-corrected chi connectivity index (χ3v) is 4.53. The SMILES string of the molecule is CC(C(=O)Oc1ncoc1-c1ccsc1)c1ccc2occc2c1. The lowest BCUT2D eigenvalue weighted by atomic mass is 10.0. The predicted octanol–water partition coefficient (Wildman–Crippen LogP) is 4.86. The molecule has 0 aliphatic carbocycles. The fourth-order valence-corrected chi connectivity index (χ4v) is 3.10. The van der Waals surface area contributed by atoms with E-state index in [0.29, 0.717) is 5.76 Å². The highest BCUT2D eigenvalue weighted by molar-refractivity contribution is 7.08. The van der Waals surface area contributed by atoms with Gasteiger partial charge in [-0.1, -0.05) is 6.07 Å². The summed E-state index contributed by atoms with van der Waals surface area (Å²) in [7, 11) is 0. The highest BCUT2D eigenvalue weighted by Gasteiger charge is 2.22. The summed E-state index contributed by atoms with van der Waals surface area (Å²) in [6.45, 7) is 1.80. The van der Waals surface area contributed by atoms with E-state index in [2.05, 4.69) is 4.98 Å². The zero-order valence-electron chi connectivity index (χ0n) is 12.8. The number of oxazole rings is 1. The lowest BCUT2D eigenvalue weighted by Crippen LogP contribution is -2.16. The number of benzene rings is 1. The molecule has 1 unspecified atom stereocenters. The van der Waals surface area contributed by atoms with Gasteiger partial charge in [0.1, 0.15) is 5.58 Å². The molecule has 24 heavy (non-hydrogen) atoms. The number of esters is 1. The summed E-state index contributed by atoms with van der Waals surface area (Å²) in [5, 5.41) is 4.79. The van der Waals surface area contributed by atoms with Crippen LogP contribution < -0.4 is 4.74 Å². The molecule has 0 bridgehead atoms. The molecule has 0 saturated carbocycles. The molecule has 4 aromatic rings. The van der Waals surface area contributed by atoms with Crippen molar-refractivity contribution in [3.8, 4) is 17.2 Å². The molecule has 0 aliphatic heterocycles. The summed E-state index contributed by atoms with van der Waals surface area (Å²) in [4.78, 5) is 16.5. The maximum atomic E-state index is 12.5. The Morgan fingerprint density at radius 2 is 2.17 bits per heavy atom. The van der Waals surface area contributed by atoms with E-state index < -0.39 is 5.92 Å². The first-order valence-electron chi connectivity index (χ1n) is 7.37. The van der Waals surface area contributed by atoms with Crippen LogP contribution in [-0.4, -0.2) is 11.0 Å². The molecule has 0 amide bonds. The maximum Gasteiger partial charge on any atom is 0.319 e. The monoisotopic (exact) mass is 339 g/mol. The lowest BCUT2D eigenvalue weighted by Gasteiger charge is -2.10. The number of aromatic nitrogens is 1. The number of hydrogen-bond donors (Lipinski definition) is 0. The van der Waals surface area contributed by atoms with E-state index in [1.807, 2.05) is 41.1 Å². The Hall–Kier alpha value is -2.86. The molecule has 0 fully saturated rings. The van der Waals surface area contributed by atoms with Gasteiger partial charge in [-0.05, 0) is 42.1 Å². The summed E-state index contributed by atoms with van der Waals surface area (Å²) in [6, 6.07) is 9.39. The minimum absolute atomic E-state index is 0.189. The van der Waals surface area contributed by atoms with Gasteiger partial charge in [0.15, 0.2) is 12.2 Å². The molecule has 5 nitrogen and oxygen atoms in total. The van der Waals surface area contributed by atoms with E-state index in [4.69, 9.17) is 13.6 Å². The van der Waals surface area contributed by atoms with Gasteiger partial charge in [0.25, 0.3) is 5.88 Å². The fraction of sp³-hybridized carbons (Fsp3) is 0.111. The Morgan fingerprint density at radius 1 is 1.25 bits per heavy atom. The lowest BCUT2D eigenvalue weighted by molar-refractivity contribution is -0.135. The molecule has 4 rings (SSSR count). The molecule has 0 N–H and O–H groups in total. The Kier molecular flexibility index (Phi) is 3.66. The Morgan fingerprint density at radius 3 is 3.00 bits per heavy atom. The zero-order valence-corrected chi connectivity index (χ0v) is 13.6. The highest BCUT2D eigenvalue weighted by atomic mass is 32.1. The molecule has 0 spiro atoms. The molecule has 0 saturated heterocycles. The van der Waals surface area contributed by atoms with E-state index in [-0.39, 0.29) is 11.8 Å². The average Bonchev–Trinajstić information content (AvgIpc) is 3.33. The Labute approximate surface area is 141 Å². The second kappa shape index (κ2) is 5.98. The first-order valence-corrected chi connectivity index (χ1v) is 8.31. The van der Waals surface area contributed by atoms with Crippen LogP contribution in [0.4, 0.5) is 0 Å². The van der Waals surface area contributed by atoms with Crippen LogP contribution >= 0.6 is 11.3 Å². The Balaban J connectivity index is 1.57. The van der Waals surface area contributed by atoms with Crippen LogP contribution in [-0.2, 0) is 4.79 Å². The van der Waals surface area contributed by atoms with Gasteiger partial charge in [0, 0.05) is 16.3 Å². The van der Waals surface area contributed by atoms with Crippen LogP contribution in [0.5, 0.6) is 5.88 Å². The Bertz CT molecular complexity index is 983. The van der Waals surface area contributed by atoms with Gasteiger partial charge < -0.3 is 13.6 Å². The minimum Gasteiger partial charge on any atom is -0.464 e. The number of carbonyl (C=O) groups is 1. The van der Waals surface area contributed by atoms with Gasteiger partial charge >= 0.3 is 5.97 Å². The number of furan rings is 1. The van der Waals surface area contributed by atoms with Crippen molar-refractivity contribution in [3.05, 3.63) is 59.3 Å². The third kappa shape index (κ3) is 2.61. The van der Waals surface area contributed by atoms with Crippen LogP contribution in [0.15, 0.2) is 62.6 Å². The van der Waals surface area contributed by atoms with Crippen LogP contribution in [0.25, 0.3) is 22.3 Å². The van der Waals surface area contributed by atoms with Crippen LogP contribution in [0, 0.1) is 0 Å². The molecule has 3 aromatic heterocycles. The first-order chi connectivity index (χ1) is 11.7. The van der Waals surface area contributed by atoms with Crippen LogP contribution in [0.3, 0.4) is 0 Å². The molecule has 1 atom stereocenters. The largest absolute Gasteiger partial charge is 0.464 e. The van der Waals surface area contributed by atoms with Gasteiger partial charge in [-0.2, -0.15) is 16.3 Å². The first kappa shape index (κ1) is 14.7. The number of rotatable bonds is 4. The topological polar surface area (TPSA) is 65.5 Å². The zero-order chi connectivity index (χ0) is 16.5. The maximum absolute atomic E-state index is 12.5. The smallest absolute Gasteiger partial charge is 0.319 e. The van der Waals surface area contributed by atoms with Gasteiger partial charge in [-0.15, -0.1) is 0 Å². The second-order valence-corrected chi connectivity index (χ2v) is 6.14. The molecule has 120 valence electrons. The predicted molar refractivity (Wildman–Crippen MR) is 90.1 cm³/mol. The third-order valence-electron chi connectivity index (χ3n) is 3.85. The van der Waals surface area contributed by atoms with E-state index >= 15 is 0 Å². The van der Waals surface area contributed by atoms with Crippen molar-refractivity contribution >= 4 is 28.3 Å². The van der Waals surface area contributed by atoms with Crippen molar-refractivity contribution in [2.45, 2.75) is 12.8 Å². The number of carbonyl (C=O) groups excluding carboxylic acids is 1. The number of nitrogens with zero attached hydrogens (tertiary/aromatic N) is 1. The molecule has 3 heterocycles. The molecule has 1 aromatic carbocycles. The van der Waals surface area contributed by atoms with Crippen molar-refractivity contribution in [1.29, 1.82) is 0 Å². The quantitative estimate of drug-likeness (QED) is 0.497. The number of fused-ring (bicyclic) bond motifs is 1. The highest BCUT2D eigenvalue weighted by Crippen LogP contribution is 2.31. The van der Waals surface area contributed by atoms with Crippen LogP contribution in [0.1, 0.15) is 18.4 Å². The van der Waals surface area contributed by atoms with Gasteiger partial charge in [0.05, 0.1) is 12.2 Å². The molecule has 0 radical (unpaired) electrons. The van der Waals surface area contributed by atoms with Gasteiger partial charge in [-0.25, -0.2) is 0 Å². The van der Waals surface area contributed by atoms with Crippen molar-refractivity contribution in [3.63, 3.8) is 0 Å². The standard InChI is InChI=1S/C18H13NO4S/c1-11(12-2-3-15-13(8-12)4-6-21-15)18(20)23-17-16(22-10-19-17)14-5-7-24-9-14/h2-11H,1H3. The summed E-state index contributed by atoms with van der Waals surface area (Å²) >= 11 is 1.53.